The zero-order valence-electron chi connectivity index (χ0n) is 15.9. The van der Waals surface area contributed by atoms with Gasteiger partial charge < -0.3 is 9.80 Å². The highest BCUT2D eigenvalue weighted by Crippen LogP contribution is 2.25. The van der Waals surface area contributed by atoms with Crippen LogP contribution in [0.15, 0.2) is 29.2 Å². The molecule has 2 amide bonds. The molecule has 0 bridgehead atoms. The lowest BCUT2D eigenvalue weighted by Gasteiger charge is -2.36. The third-order valence-electron chi connectivity index (χ3n) is 5.61. The largest absolute Gasteiger partial charge is 0.324 e. The van der Waals surface area contributed by atoms with E-state index in [-0.39, 0.29) is 6.03 Å². The van der Waals surface area contributed by atoms with Crippen LogP contribution in [-0.4, -0.2) is 67.8 Å². The number of hydrogen-bond donors (Lipinski definition) is 0. The molecule has 26 heavy (non-hydrogen) atoms. The van der Waals surface area contributed by atoms with E-state index in [2.05, 4.69) is 13.8 Å². The number of amides is 2. The minimum absolute atomic E-state index is 0.0560. The Hall–Kier alpha value is -1.60. The molecular weight excluding hydrogens is 350 g/mol. The molecule has 1 unspecified atom stereocenters. The molecule has 0 N–H and O–H groups in total. The van der Waals surface area contributed by atoms with Crippen LogP contribution in [0.5, 0.6) is 0 Å². The van der Waals surface area contributed by atoms with Gasteiger partial charge in [-0.3, -0.25) is 0 Å². The van der Waals surface area contributed by atoms with Crippen LogP contribution in [0.1, 0.15) is 25.8 Å². The summed E-state index contributed by atoms with van der Waals surface area (Å²) in [6.45, 7) is 9.57. The van der Waals surface area contributed by atoms with Gasteiger partial charge >= 0.3 is 6.03 Å². The second kappa shape index (κ2) is 7.56. The van der Waals surface area contributed by atoms with E-state index >= 15 is 0 Å². The highest BCUT2D eigenvalue weighted by molar-refractivity contribution is 7.89. The monoisotopic (exact) mass is 379 g/mol. The van der Waals surface area contributed by atoms with Gasteiger partial charge in [0.1, 0.15) is 0 Å². The van der Waals surface area contributed by atoms with Crippen LogP contribution in [0, 0.1) is 18.8 Å². The highest BCUT2D eigenvalue weighted by atomic mass is 32.2. The predicted molar refractivity (Wildman–Crippen MR) is 101 cm³/mol. The molecule has 1 aromatic carbocycles. The summed E-state index contributed by atoms with van der Waals surface area (Å²) in [5, 5.41) is 0. The van der Waals surface area contributed by atoms with Crippen LogP contribution in [-0.2, 0) is 10.0 Å². The van der Waals surface area contributed by atoms with Gasteiger partial charge in [0.15, 0.2) is 0 Å². The van der Waals surface area contributed by atoms with E-state index in [1.807, 2.05) is 24.0 Å². The summed E-state index contributed by atoms with van der Waals surface area (Å²) in [6.07, 6.45) is 1.06. The normalized spacial score (nSPS) is 22.2. The molecule has 0 spiro atoms. The van der Waals surface area contributed by atoms with Crippen molar-refractivity contribution in [3.63, 3.8) is 0 Å². The Morgan fingerprint density at radius 3 is 2.15 bits per heavy atom. The molecule has 144 valence electrons. The van der Waals surface area contributed by atoms with Gasteiger partial charge in [-0.2, -0.15) is 4.31 Å². The molecule has 2 aliphatic rings. The number of aryl methyl sites for hydroxylation is 1. The minimum Gasteiger partial charge on any atom is -0.324 e. The summed E-state index contributed by atoms with van der Waals surface area (Å²) in [7, 11) is -3.49. The lowest BCUT2D eigenvalue weighted by atomic mass is 9.95. The van der Waals surface area contributed by atoms with Gasteiger partial charge in [-0.1, -0.05) is 31.5 Å². The predicted octanol–water partition coefficient (Wildman–Crippen LogP) is 2.40. The maximum atomic E-state index is 12.8. The molecular formula is C19H29N3O3S. The van der Waals surface area contributed by atoms with Crippen molar-refractivity contribution in [2.75, 3.05) is 39.3 Å². The molecule has 0 saturated carbocycles. The van der Waals surface area contributed by atoms with Crippen molar-refractivity contribution in [2.45, 2.75) is 32.1 Å². The topological polar surface area (TPSA) is 60.9 Å². The Morgan fingerprint density at radius 1 is 1.00 bits per heavy atom. The Bertz CT molecular complexity index is 738. The minimum atomic E-state index is -3.49. The number of hydrogen-bond acceptors (Lipinski definition) is 3. The molecule has 0 aromatic heterocycles. The molecule has 2 aliphatic heterocycles. The van der Waals surface area contributed by atoms with E-state index < -0.39 is 10.0 Å². The van der Waals surface area contributed by atoms with Gasteiger partial charge in [-0.15, -0.1) is 0 Å². The van der Waals surface area contributed by atoms with E-state index in [9.17, 15) is 13.2 Å². The SMILES string of the molecule is Cc1ccc(S(=O)(=O)N2CCN(C(=O)N3CCC(C(C)C)C3)CC2)cc1. The molecule has 3 rings (SSSR count). The smallest absolute Gasteiger partial charge is 0.320 e. The summed E-state index contributed by atoms with van der Waals surface area (Å²) < 4.78 is 27.0. The molecule has 0 aliphatic carbocycles. The van der Waals surface area contributed by atoms with Crippen LogP contribution >= 0.6 is 0 Å². The van der Waals surface area contributed by atoms with Crippen molar-refractivity contribution < 1.29 is 13.2 Å². The molecule has 1 aromatic rings. The molecule has 2 heterocycles. The average molecular weight is 380 g/mol. The third-order valence-corrected chi connectivity index (χ3v) is 7.52. The van der Waals surface area contributed by atoms with Crippen LogP contribution in [0.3, 0.4) is 0 Å². The number of urea groups is 1. The van der Waals surface area contributed by atoms with Crippen molar-refractivity contribution in [1.82, 2.24) is 14.1 Å². The molecule has 2 fully saturated rings. The average Bonchev–Trinajstić information content (AvgIpc) is 3.12. The zero-order chi connectivity index (χ0) is 18.9. The zero-order valence-corrected chi connectivity index (χ0v) is 16.7. The fraction of sp³-hybridized carbons (Fsp3) is 0.632. The summed E-state index contributed by atoms with van der Waals surface area (Å²) in [5.74, 6) is 1.16. The number of likely N-dealkylation sites (tertiary alicyclic amines) is 1. The molecule has 1 atom stereocenters. The summed E-state index contributed by atoms with van der Waals surface area (Å²) in [6, 6.07) is 6.98. The van der Waals surface area contributed by atoms with Crippen LogP contribution < -0.4 is 0 Å². The van der Waals surface area contributed by atoms with E-state index in [1.54, 1.807) is 17.0 Å². The number of piperazine rings is 1. The maximum absolute atomic E-state index is 12.8. The lowest BCUT2D eigenvalue weighted by molar-refractivity contribution is 0.140. The first-order chi connectivity index (χ1) is 12.3. The van der Waals surface area contributed by atoms with E-state index in [1.165, 1.54) is 4.31 Å². The number of benzene rings is 1. The van der Waals surface area contributed by atoms with Crippen molar-refractivity contribution in [2.24, 2.45) is 11.8 Å². The number of carbonyl (C=O) groups is 1. The van der Waals surface area contributed by atoms with Gasteiger partial charge in [-0.05, 0) is 37.3 Å². The second-order valence-corrected chi connectivity index (χ2v) is 9.66. The Balaban J connectivity index is 1.59. The highest BCUT2D eigenvalue weighted by Gasteiger charge is 2.34. The van der Waals surface area contributed by atoms with E-state index in [0.717, 1.165) is 25.1 Å². The van der Waals surface area contributed by atoms with Crippen LogP contribution in [0.2, 0.25) is 0 Å². The number of rotatable bonds is 3. The van der Waals surface area contributed by atoms with Crippen LogP contribution in [0.4, 0.5) is 4.79 Å². The Morgan fingerprint density at radius 2 is 1.62 bits per heavy atom. The molecule has 2 saturated heterocycles. The standard InChI is InChI=1S/C19H29N3O3S/c1-15(2)17-8-9-21(14-17)19(23)20-10-12-22(13-11-20)26(24,25)18-6-4-16(3)5-7-18/h4-7,15,17H,8-14H2,1-3H3. The fourth-order valence-electron chi connectivity index (χ4n) is 3.68. The second-order valence-electron chi connectivity index (χ2n) is 7.73. The first kappa shape index (κ1) is 19.2. The van der Waals surface area contributed by atoms with E-state index in [0.29, 0.717) is 42.9 Å². The summed E-state index contributed by atoms with van der Waals surface area (Å²) in [4.78, 5) is 16.8. The van der Waals surface area contributed by atoms with Crippen LogP contribution in [0.25, 0.3) is 0 Å². The fourth-order valence-corrected chi connectivity index (χ4v) is 5.11. The molecule has 7 heteroatoms. The van der Waals surface area contributed by atoms with Gasteiger partial charge in [0.2, 0.25) is 10.0 Å². The van der Waals surface area contributed by atoms with Crippen molar-refractivity contribution in [3.05, 3.63) is 29.8 Å². The Labute approximate surface area is 156 Å². The molecule has 0 radical (unpaired) electrons. The van der Waals surface area contributed by atoms with Gasteiger partial charge in [0.25, 0.3) is 0 Å². The number of sulfonamides is 1. The first-order valence-electron chi connectivity index (χ1n) is 9.39. The lowest BCUT2D eigenvalue weighted by Crippen LogP contribution is -2.53. The molecule has 6 nitrogen and oxygen atoms in total. The van der Waals surface area contributed by atoms with Gasteiger partial charge in [0.05, 0.1) is 4.90 Å². The van der Waals surface area contributed by atoms with Gasteiger partial charge in [-0.25, -0.2) is 13.2 Å². The Kier molecular flexibility index (Phi) is 5.58. The maximum Gasteiger partial charge on any atom is 0.320 e. The summed E-state index contributed by atoms with van der Waals surface area (Å²) in [5.41, 5.74) is 1.03. The van der Waals surface area contributed by atoms with Crippen molar-refractivity contribution in [3.8, 4) is 0 Å². The number of carbonyl (C=O) groups excluding carboxylic acids is 1. The van der Waals surface area contributed by atoms with E-state index in [4.69, 9.17) is 0 Å². The number of nitrogens with zero attached hydrogens (tertiary/aromatic N) is 3. The van der Waals surface area contributed by atoms with Crippen molar-refractivity contribution in [1.29, 1.82) is 0 Å². The summed E-state index contributed by atoms with van der Waals surface area (Å²) >= 11 is 0. The third kappa shape index (κ3) is 3.88. The van der Waals surface area contributed by atoms with Crippen molar-refractivity contribution >= 4 is 16.1 Å². The first-order valence-corrected chi connectivity index (χ1v) is 10.8. The van der Waals surface area contributed by atoms with Gasteiger partial charge in [0, 0.05) is 39.3 Å². The quantitative estimate of drug-likeness (QED) is 0.810.